The zero-order chi connectivity index (χ0) is 13.6. The van der Waals surface area contributed by atoms with Gasteiger partial charge in [-0.15, -0.1) is 0 Å². The Morgan fingerprint density at radius 3 is 2.78 bits per heavy atom. The minimum absolute atomic E-state index is 0.102. The summed E-state index contributed by atoms with van der Waals surface area (Å²) in [5, 5.41) is 4.50. The summed E-state index contributed by atoms with van der Waals surface area (Å²) in [5.74, 6) is 0.810. The van der Waals surface area contributed by atoms with Crippen molar-refractivity contribution in [2.45, 2.75) is 51.6 Å². The number of aromatic nitrogens is 2. The number of hydrogen-bond acceptors (Lipinski definition) is 3. The van der Waals surface area contributed by atoms with Crippen LogP contribution < -0.4 is 4.74 Å². The maximum absolute atomic E-state index is 6.35. The second-order valence-corrected chi connectivity index (χ2v) is 11.9. The van der Waals surface area contributed by atoms with Crippen molar-refractivity contribution < 1.29 is 9.16 Å². The molecule has 2 rings (SSSR count). The molecule has 1 atom stereocenters. The Morgan fingerprint density at radius 1 is 1.50 bits per heavy atom. The topological polar surface area (TPSA) is 36.3 Å². The van der Waals surface area contributed by atoms with Gasteiger partial charge in [-0.25, -0.2) is 4.68 Å². The van der Waals surface area contributed by atoms with Crippen LogP contribution in [-0.4, -0.2) is 30.8 Å². The van der Waals surface area contributed by atoms with Crippen LogP contribution in [0, 0.1) is 0 Å². The number of hydrogen-bond donors (Lipinski definition) is 0. The molecule has 0 saturated heterocycles. The molecule has 0 fully saturated rings. The second kappa shape index (κ2) is 4.65. The highest BCUT2D eigenvalue weighted by Crippen LogP contribution is 2.38. The summed E-state index contributed by atoms with van der Waals surface area (Å²) >= 11 is 3.42. The smallest absolute Gasteiger partial charge is 0.226 e. The molecule has 6 heteroatoms. The molecule has 0 spiro atoms. The van der Waals surface area contributed by atoms with E-state index in [4.69, 9.17) is 9.16 Å². The summed E-state index contributed by atoms with van der Waals surface area (Å²) in [6, 6.07) is 0. The predicted molar refractivity (Wildman–Crippen MR) is 77.5 cm³/mol. The molecule has 0 amide bonds. The summed E-state index contributed by atoms with van der Waals surface area (Å²) in [7, 11) is -1.74. The molecule has 4 nitrogen and oxygen atoms in total. The first-order valence-electron chi connectivity index (χ1n) is 6.22. The van der Waals surface area contributed by atoms with Crippen LogP contribution in [-0.2, 0) is 11.0 Å². The van der Waals surface area contributed by atoms with E-state index in [1.54, 1.807) is 6.20 Å². The standard InChI is InChI=1S/C12H21BrN2O2Si/c1-12(2,3)18(4,5)17-9-7-15-11(16-8-9)10(13)6-14-15/h6,9H,7-8H2,1-5H3. The van der Waals surface area contributed by atoms with E-state index in [2.05, 4.69) is 54.9 Å². The molecule has 0 N–H and O–H groups in total. The van der Waals surface area contributed by atoms with Crippen molar-refractivity contribution in [3.8, 4) is 5.88 Å². The Bertz CT molecular complexity index is 440. The maximum Gasteiger partial charge on any atom is 0.226 e. The van der Waals surface area contributed by atoms with Gasteiger partial charge in [0.1, 0.15) is 6.61 Å². The van der Waals surface area contributed by atoms with E-state index in [-0.39, 0.29) is 11.1 Å². The van der Waals surface area contributed by atoms with Crippen molar-refractivity contribution in [1.82, 2.24) is 9.78 Å². The predicted octanol–water partition coefficient (Wildman–Crippen LogP) is 3.43. The van der Waals surface area contributed by atoms with Gasteiger partial charge in [0.15, 0.2) is 8.32 Å². The first-order chi connectivity index (χ1) is 8.21. The molecule has 0 radical (unpaired) electrons. The number of halogens is 1. The zero-order valence-corrected chi connectivity index (χ0v) is 14.2. The van der Waals surface area contributed by atoms with E-state index in [1.165, 1.54) is 0 Å². The molecule has 1 aromatic heterocycles. The number of nitrogens with zero attached hydrogens (tertiary/aromatic N) is 2. The maximum atomic E-state index is 6.35. The van der Waals surface area contributed by atoms with E-state index in [0.717, 1.165) is 16.9 Å². The van der Waals surface area contributed by atoms with Crippen molar-refractivity contribution in [3.05, 3.63) is 10.7 Å². The zero-order valence-electron chi connectivity index (χ0n) is 11.7. The molecular formula is C12H21BrN2O2Si. The molecule has 0 aliphatic carbocycles. The third-order valence-corrected chi connectivity index (χ3v) is 8.88. The Morgan fingerprint density at radius 2 is 2.17 bits per heavy atom. The average molecular weight is 333 g/mol. The fourth-order valence-electron chi connectivity index (χ4n) is 1.71. The fourth-order valence-corrected chi connectivity index (χ4v) is 3.45. The lowest BCUT2D eigenvalue weighted by Gasteiger charge is -2.40. The van der Waals surface area contributed by atoms with Crippen LogP contribution in [0.3, 0.4) is 0 Å². The molecule has 1 aliphatic rings. The molecule has 1 unspecified atom stereocenters. The molecule has 1 aromatic rings. The van der Waals surface area contributed by atoms with E-state index in [9.17, 15) is 0 Å². The SMILES string of the molecule is CC(C)(C)[Si](C)(C)OC1COc2c(Br)cnn2C1. The second-order valence-electron chi connectivity index (χ2n) is 6.29. The van der Waals surface area contributed by atoms with E-state index in [1.807, 2.05) is 4.68 Å². The third kappa shape index (κ3) is 2.65. The van der Waals surface area contributed by atoms with Crippen molar-refractivity contribution in [3.63, 3.8) is 0 Å². The first kappa shape index (κ1) is 14.1. The Kier molecular flexibility index (Phi) is 3.64. The molecule has 18 heavy (non-hydrogen) atoms. The monoisotopic (exact) mass is 332 g/mol. The van der Waals surface area contributed by atoms with Gasteiger partial charge in [0.05, 0.1) is 23.3 Å². The quantitative estimate of drug-likeness (QED) is 0.778. The summed E-state index contributed by atoms with van der Waals surface area (Å²) < 4.78 is 14.8. The minimum atomic E-state index is -1.74. The molecule has 0 saturated carbocycles. The van der Waals surface area contributed by atoms with Crippen LogP contribution >= 0.6 is 15.9 Å². The number of rotatable bonds is 2. The van der Waals surface area contributed by atoms with Gasteiger partial charge >= 0.3 is 0 Å². The Hall–Kier alpha value is -0.333. The highest BCUT2D eigenvalue weighted by molar-refractivity contribution is 9.10. The van der Waals surface area contributed by atoms with Crippen molar-refractivity contribution in [2.24, 2.45) is 0 Å². The Labute approximate surface area is 118 Å². The fraction of sp³-hybridized carbons (Fsp3) is 0.750. The van der Waals surface area contributed by atoms with Gasteiger partial charge in [-0.05, 0) is 34.1 Å². The van der Waals surface area contributed by atoms with Gasteiger partial charge in [0.2, 0.25) is 5.88 Å². The minimum Gasteiger partial charge on any atom is -0.474 e. The van der Waals surface area contributed by atoms with Crippen LogP contribution in [0.5, 0.6) is 5.88 Å². The summed E-state index contributed by atoms with van der Waals surface area (Å²) in [5.41, 5.74) is 0. The van der Waals surface area contributed by atoms with Gasteiger partial charge in [-0.1, -0.05) is 20.8 Å². The normalized spacial score (nSPS) is 20.4. The third-order valence-electron chi connectivity index (χ3n) is 3.80. The van der Waals surface area contributed by atoms with Crippen LogP contribution in [0.1, 0.15) is 20.8 Å². The molecule has 102 valence electrons. The molecule has 2 heterocycles. The lowest BCUT2D eigenvalue weighted by Crippen LogP contribution is -2.47. The first-order valence-corrected chi connectivity index (χ1v) is 9.93. The largest absolute Gasteiger partial charge is 0.474 e. The van der Waals surface area contributed by atoms with E-state index in [0.29, 0.717) is 6.61 Å². The molecule has 0 aromatic carbocycles. The Balaban J connectivity index is 2.06. The van der Waals surface area contributed by atoms with E-state index >= 15 is 0 Å². The lowest BCUT2D eigenvalue weighted by atomic mass is 10.2. The number of fused-ring (bicyclic) bond motifs is 1. The van der Waals surface area contributed by atoms with Crippen molar-refractivity contribution in [2.75, 3.05) is 6.61 Å². The van der Waals surface area contributed by atoms with Crippen LogP contribution in [0.15, 0.2) is 10.7 Å². The summed E-state index contributed by atoms with van der Waals surface area (Å²) in [6.07, 6.45) is 1.87. The van der Waals surface area contributed by atoms with Gasteiger partial charge in [0, 0.05) is 0 Å². The van der Waals surface area contributed by atoms with Crippen molar-refractivity contribution >= 4 is 24.2 Å². The molecule has 0 bridgehead atoms. The highest BCUT2D eigenvalue weighted by atomic mass is 79.9. The van der Waals surface area contributed by atoms with Gasteiger partial charge in [-0.3, -0.25) is 0 Å². The lowest BCUT2D eigenvalue weighted by molar-refractivity contribution is 0.0631. The molecular weight excluding hydrogens is 312 g/mol. The van der Waals surface area contributed by atoms with Gasteiger partial charge in [0.25, 0.3) is 0 Å². The van der Waals surface area contributed by atoms with Crippen LogP contribution in [0.25, 0.3) is 0 Å². The van der Waals surface area contributed by atoms with Crippen LogP contribution in [0.4, 0.5) is 0 Å². The summed E-state index contributed by atoms with van der Waals surface area (Å²) in [6.45, 7) is 12.7. The van der Waals surface area contributed by atoms with Crippen LogP contribution in [0.2, 0.25) is 18.1 Å². The number of ether oxygens (including phenoxy) is 1. The highest BCUT2D eigenvalue weighted by Gasteiger charge is 2.40. The van der Waals surface area contributed by atoms with Crippen molar-refractivity contribution in [1.29, 1.82) is 0 Å². The van der Waals surface area contributed by atoms with Gasteiger partial charge < -0.3 is 9.16 Å². The average Bonchev–Trinajstić information content (AvgIpc) is 2.58. The van der Waals surface area contributed by atoms with Gasteiger partial charge in [-0.2, -0.15) is 5.10 Å². The van der Waals surface area contributed by atoms with E-state index < -0.39 is 8.32 Å². The summed E-state index contributed by atoms with van der Waals surface area (Å²) in [4.78, 5) is 0. The molecule has 1 aliphatic heterocycles.